The molecule has 100 valence electrons. The van der Waals surface area contributed by atoms with Crippen LogP contribution in [0.15, 0.2) is 24.3 Å². The maximum Gasteiger partial charge on any atom is 0.323 e. The van der Waals surface area contributed by atoms with E-state index in [1.807, 2.05) is 31.2 Å². The van der Waals surface area contributed by atoms with Crippen LogP contribution in [0.4, 0.5) is 0 Å². The van der Waals surface area contributed by atoms with Gasteiger partial charge in [-0.05, 0) is 24.6 Å². The number of benzene rings is 1. The fraction of sp³-hybridized carbons (Fsp3) is 0.462. The van der Waals surface area contributed by atoms with E-state index < -0.39 is 12.0 Å². The number of methoxy groups -OCH3 is 2. The lowest BCUT2D eigenvalue weighted by Gasteiger charge is -2.20. The molecule has 1 rings (SSSR count). The van der Waals surface area contributed by atoms with Gasteiger partial charge in [-0.2, -0.15) is 0 Å². The predicted octanol–water partition coefficient (Wildman–Crippen LogP) is 1.45. The Morgan fingerprint density at radius 1 is 1.44 bits per heavy atom. The molecular formula is C13H19NO4. The standard InChI is InChI=1S/C13H19NO4/c1-9(14-12(8-17-2)13(15)16)10-5-4-6-11(7-10)18-3/h4-7,9,12,14H,8H2,1-3H3,(H,15,16)/t9-,12?/m0/s1. The van der Waals surface area contributed by atoms with Gasteiger partial charge in [0.25, 0.3) is 0 Å². The average Bonchev–Trinajstić information content (AvgIpc) is 2.38. The third-order valence-electron chi connectivity index (χ3n) is 2.68. The monoisotopic (exact) mass is 253 g/mol. The highest BCUT2D eigenvalue weighted by Crippen LogP contribution is 2.19. The van der Waals surface area contributed by atoms with E-state index in [2.05, 4.69) is 5.32 Å². The second-order valence-corrected chi connectivity index (χ2v) is 4.01. The number of carboxylic acids is 1. The molecule has 0 bridgehead atoms. The summed E-state index contributed by atoms with van der Waals surface area (Å²) in [7, 11) is 3.08. The number of rotatable bonds is 7. The van der Waals surface area contributed by atoms with Gasteiger partial charge in [0.1, 0.15) is 11.8 Å². The van der Waals surface area contributed by atoms with Gasteiger partial charge >= 0.3 is 5.97 Å². The lowest BCUT2D eigenvalue weighted by Crippen LogP contribution is -2.41. The molecule has 5 heteroatoms. The van der Waals surface area contributed by atoms with Gasteiger partial charge in [0.15, 0.2) is 0 Å². The van der Waals surface area contributed by atoms with Crippen molar-refractivity contribution in [3.8, 4) is 5.75 Å². The number of carbonyl (C=O) groups is 1. The van der Waals surface area contributed by atoms with Crippen LogP contribution >= 0.6 is 0 Å². The van der Waals surface area contributed by atoms with E-state index in [1.165, 1.54) is 7.11 Å². The summed E-state index contributed by atoms with van der Waals surface area (Å²) in [5.41, 5.74) is 0.969. The first-order valence-electron chi connectivity index (χ1n) is 5.70. The van der Waals surface area contributed by atoms with Crippen molar-refractivity contribution >= 4 is 5.97 Å². The molecule has 18 heavy (non-hydrogen) atoms. The molecule has 5 nitrogen and oxygen atoms in total. The zero-order chi connectivity index (χ0) is 13.5. The summed E-state index contributed by atoms with van der Waals surface area (Å²) in [5.74, 6) is -0.175. The second kappa shape index (κ2) is 6.98. The van der Waals surface area contributed by atoms with E-state index in [-0.39, 0.29) is 12.6 Å². The minimum atomic E-state index is -0.924. The summed E-state index contributed by atoms with van der Waals surface area (Å²) in [6.45, 7) is 2.03. The summed E-state index contributed by atoms with van der Waals surface area (Å²) in [5, 5.41) is 12.0. The molecule has 2 atom stereocenters. The normalized spacial score (nSPS) is 13.9. The van der Waals surface area contributed by atoms with E-state index in [9.17, 15) is 4.79 Å². The molecule has 0 saturated carbocycles. The Bertz CT molecular complexity index is 394. The van der Waals surface area contributed by atoms with Crippen LogP contribution in [0.5, 0.6) is 5.75 Å². The molecule has 0 aliphatic heterocycles. The van der Waals surface area contributed by atoms with Crippen LogP contribution in [0, 0.1) is 0 Å². The zero-order valence-electron chi connectivity index (χ0n) is 10.8. The van der Waals surface area contributed by atoms with Crippen LogP contribution in [0.2, 0.25) is 0 Å². The maximum absolute atomic E-state index is 11.0. The number of hydrogen-bond acceptors (Lipinski definition) is 4. The molecule has 0 radical (unpaired) electrons. The van der Waals surface area contributed by atoms with E-state index in [0.29, 0.717) is 0 Å². The summed E-state index contributed by atoms with van der Waals surface area (Å²) >= 11 is 0. The fourth-order valence-electron chi connectivity index (χ4n) is 1.67. The Hall–Kier alpha value is -1.59. The molecule has 1 unspecified atom stereocenters. The smallest absolute Gasteiger partial charge is 0.323 e. The summed E-state index contributed by atoms with van der Waals surface area (Å²) < 4.78 is 10.0. The minimum Gasteiger partial charge on any atom is -0.497 e. The first kappa shape index (κ1) is 14.5. The van der Waals surface area contributed by atoms with E-state index in [1.54, 1.807) is 7.11 Å². The third-order valence-corrected chi connectivity index (χ3v) is 2.68. The highest BCUT2D eigenvalue weighted by Gasteiger charge is 2.20. The SMILES string of the molecule is COCC(N[C@@H](C)c1cccc(OC)c1)C(=O)O. The molecule has 0 spiro atoms. The van der Waals surface area contributed by atoms with Gasteiger partial charge in [-0.3, -0.25) is 10.1 Å². The fourth-order valence-corrected chi connectivity index (χ4v) is 1.67. The van der Waals surface area contributed by atoms with Crippen molar-refractivity contribution in [3.63, 3.8) is 0 Å². The highest BCUT2D eigenvalue weighted by atomic mass is 16.5. The van der Waals surface area contributed by atoms with Crippen LogP contribution in [0.1, 0.15) is 18.5 Å². The topological polar surface area (TPSA) is 67.8 Å². The van der Waals surface area contributed by atoms with Gasteiger partial charge in [0, 0.05) is 13.2 Å². The Morgan fingerprint density at radius 3 is 2.72 bits per heavy atom. The van der Waals surface area contributed by atoms with Gasteiger partial charge in [-0.15, -0.1) is 0 Å². The molecule has 0 saturated heterocycles. The van der Waals surface area contributed by atoms with Gasteiger partial charge in [0.05, 0.1) is 13.7 Å². The number of nitrogens with one attached hydrogen (secondary N) is 1. The summed E-state index contributed by atoms with van der Waals surface area (Å²) in [6, 6.07) is 6.70. The van der Waals surface area contributed by atoms with Gasteiger partial charge in [-0.25, -0.2) is 0 Å². The molecule has 0 aromatic heterocycles. The first-order valence-corrected chi connectivity index (χ1v) is 5.70. The van der Waals surface area contributed by atoms with Crippen molar-refractivity contribution in [2.75, 3.05) is 20.8 Å². The molecule has 0 amide bonds. The molecule has 0 aliphatic rings. The summed E-state index contributed by atoms with van der Waals surface area (Å²) in [4.78, 5) is 11.0. The number of ether oxygens (including phenoxy) is 2. The van der Waals surface area contributed by atoms with E-state index >= 15 is 0 Å². The van der Waals surface area contributed by atoms with Gasteiger partial charge < -0.3 is 14.6 Å². The van der Waals surface area contributed by atoms with Crippen LogP contribution in [0.25, 0.3) is 0 Å². The third kappa shape index (κ3) is 4.01. The molecule has 0 fully saturated rings. The lowest BCUT2D eigenvalue weighted by molar-refractivity contribution is -0.141. The van der Waals surface area contributed by atoms with Crippen molar-refractivity contribution in [1.82, 2.24) is 5.32 Å². The Balaban J connectivity index is 2.73. The van der Waals surface area contributed by atoms with E-state index in [4.69, 9.17) is 14.6 Å². The largest absolute Gasteiger partial charge is 0.497 e. The highest BCUT2D eigenvalue weighted by molar-refractivity contribution is 5.73. The average molecular weight is 253 g/mol. The Labute approximate surface area is 107 Å². The van der Waals surface area contributed by atoms with Crippen LogP contribution in [-0.4, -0.2) is 37.9 Å². The number of aliphatic carboxylic acids is 1. The van der Waals surface area contributed by atoms with Crippen LogP contribution in [-0.2, 0) is 9.53 Å². The second-order valence-electron chi connectivity index (χ2n) is 4.01. The van der Waals surface area contributed by atoms with Crippen molar-refractivity contribution < 1.29 is 19.4 Å². The van der Waals surface area contributed by atoms with Crippen LogP contribution < -0.4 is 10.1 Å². The van der Waals surface area contributed by atoms with Crippen molar-refractivity contribution in [2.45, 2.75) is 19.0 Å². The van der Waals surface area contributed by atoms with Crippen LogP contribution in [0.3, 0.4) is 0 Å². The maximum atomic E-state index is 11.0. The number of hydrogen-bond donors (Lipinski definition) is 2. The lowest BCUT2D eigenvalue weighted by atomic mass is 10.1. The van der Waals surface area contributed by atoms with Gasteiger partial charge in [0.2, 0.25) is 0 Å². The zero-order valence-corrected chi connectivity index (χ0v) is 10.8. The number of carboxylic acid groups (broad SMARTS) is 1. The molecule has 1 aromatic carbocycles. The Morgan fingerprint density at radius 2 is 2.17 bits per heavy atom. The Kier molecular flexibility index (Phi) is 5.61. The van der Waals surface area contributed by atoms with E-state index in [0.717, 1.165) is 11.3 Å². The molecule has 0 heterocycles. The molecule has 1 aromatic rings. The summed E-state index contributed by atoms with van der Waals surface area (Å²) in [6.07, 6.45) is 0. The van der Waals surface area contributed by atoms with Crippen molar-refractivity contribution in [2.24, 2.45) is 0 Å². The molecular weight excluding hydrogens is 234 g/mol. The molecule has 2 N–H and O–H groups in total. The van der Waals surface area contributed by atoms with Gasteiger partial charge in [-0.1, -0.05) is 12.1 Å². The quantitative estimate of drug-likeness (QED) is 0.769. The molecule has 0 aliphatic carbocycles. The minimum absolute atomic E-state index is 0.101. The van der Waals surface area contributed by atoms with Crippen molar-refractivity contribution in [3.05, 3.63) is 29.8 Å². The first-order chi connectivity index (χ1) is 8.58. The van der Waals surface area contributed by atoms with Crippen molar-refractivity contribution in [1.29, 1.82) is 0 Å². The predicted molar refractivity (Wildman–Crippen MR) is 67.8 cm³/mol.